The summed E-state index contributed by atoms with van der Waals surface area (Å²) in [4.78, 5) is 60.4. The molecule has 0 amide bonds. The zero-order chi connectivity index (χ0) is 60.4. The van der Waals surface area contributed by atoms with Crippen molar-refractivity contribution in [1.29, 1.82) is 0 Å². The summed E-state index contributed by atoms with van der Waals surface area (Å²) in [5.41, 5.74) is 1.52. The fourth-order valence-corrected chi connectivity index (χ4v) is 18.1. The maximum absolute atomic E-state index is 13.0. The van der Waals surface area contributed by atoms with E-state index >= 15 is 0 Å². The minimum atomic E-state index is -2.86. The summed E-state index contributed by atoms with van der Waals surface area (Å²) < 4.78 is 19.6. The van der Waals surface area contributed by atoms with Crippen LogP contribution in [0.2, 0.25) is 10.1 Å². The van der Waals surface area contributed by atoms with Crippen LogP contribution in [-0.2, 0) is 52.3 Å². The van der Waals surface area contributed by atoms with E-state index in [9.17, 15) is 14.7 Å². The number of carbonyl (C=O) groups excluding carboxylic acids is 2. The van der Waals surface area contributed by atoms with Gasteiger partial charge in [0.25, 0.3) is 28.6 Å². The van der Waals surface area contributed by atoms with Crippen LogP contribution in [0.15, 0.2) is 180 Å². The molecule has 8 rings (SSSR count). The molecule has 4 heterocycles. The van der Waals surface area contributed by atoms with Gasteiger partial charge in [-0.05, 0) is 55.1 Å². The van der Waals surface area contributed by atoms with Crippen molar-refractivity contribution in [2.45, 2.75) is 103 Å². The second kappa shape index (κ2) is 35.4. The smallest absolute Gasteiger partial charge is 0.357 e. The zero-order valence-corrected chi connectivity index (χ0v) is 54.1. The molecule has 0 bridgehead atoms. The van der Waals surface area contributed by atoms with Gasteiger partial charge in [-0.1, -0.05) is 197 Å². The Hall–Kier alpha value is -7.78. The number of hydrogen-bond donors (Lipinski definition) is 4. The van der Waals surface area contributed by atoms with Crippen LogP contribution in [0.5, 0.6) is 0 Å². The first-order valence-electron chi connectivity index (χ1n) is 26.2. The predicted octanol–water partition coefficient (Wildman–Crippen LogP) is 7.55. The molecular weight excluding hydrogens is 1150 g/mol. The minimum absolute atomic E-state index is 0. The Morgan fingerprint density at radius 2 is 0.917 bits per heavy atom. The number of aliphatic hydroxyl groups excluding tert-OH is 2. The summed E-state index contributed by atoms with van der Waals surface area (Å²) >= 11 is 0. The van der Waals surface area contributed by atoms with Gasteiger partial charge >= 0.3 is 5.97 Å². The molecule has 0 saturated carbocycles. The summed E-state index contributed by atoms with van der Waals surface area (Å²) in [6, 6.07) is 51.4. The summed E-state index contributed by atoms with van der Waals surface area (Å²) in [6.07, 6.45) is 12.2. The monoisotopic (exact) mass is 1230 g/mol. The number of pyridine rings is 2. The Balaban J connectivity index is 0.000000442. The molecule has 20 heteroatoms. The van der Waals surface area contributed by atoms with Gasteiger partial charge < -0.3 is 51.1 Å². The molecule has 0 aliphatic carbocycles. The molecule has 2 aliphatic heterocycles. The quantitative estimate of drug-likeness (QED) is 0.0240. The Bertz CT molecular complexity index is 3000. The second-order valence-electron chi connectivity index (χ2n) is 20.6. The molecule has 0 unspecified atom stereocenters. The topological polar surface area (TPSA) is 246 Å². The normalized spacial score (nSPS) is 14.8. The number of nitrogens with zero attached hydrogens (tertiary/aromatic N) is 4. The molecule has 84 heavy (non-hydrogen) atoms. The number of Topliss-reactive ketones (excluding diaryl/α,β-unsaturated/α-hetero) is 1. The van der Waals surface area contributed by atoms with E-state index in [-0.39, 0.29) is 61.7 Å². The molecule has 2 aromatic heterocycles. The van der Waals surface area contributed by atoms with Gasteiger partial charge in [0.2, 0.25) is 5.78 Å². The molecular formula is C64H75N4O13Si2Zn-. The number of carboxylic acids is 2. The van der Waals surface area contributed by atoms with E-state index in [1.807, 2.05) is 72.8 Å². The maximum atomic E-state index is 13.0. The molecule has 6 aromatic rings. The van der Waals surface area contributed by atoms with Crippen LogP contribution < -0.4 is 20.7 Å². The summed E-state index contributed by atoms with van der Waals surface area (Å²) in [5.74, 6) is 2.44. The van der Waals surface area contributed by atoms with Gasteiger partial charge in [-0.2, -0.15) is 0 Å². The number of esters is 1. The number of oxime groups is 2. The van der Waals surface area contributed by atoms with Crippen molar-refractivity contribution in [3.63, 3.8) is 0 Å². The van der Waals surface area contributed by atoms with E-state index in [0.29, 0.717) is 30.0 Å². The van der Waals surface area contributed by atoms with E-state index < -0.39 is 65.6 Å². The number of aromatic nitrogens is 2. The van der Waals surface area contributed by atoms with Crippen molar-refractivity contribution in [3.8, 4) is 24.7 Å². The fourth-order valence-electron chi connectivity index (χ4n) is 8.92. The number of ketones is 1. The predicted molar refractivity (Wildman–Crippen MR) is 327 cm³/mol. The van der Waals surface area contributed by atoms with Crippen molar-refractivity contribution < 1.29 is 82.3 Å². The molecule has 17 nitrogen and oxygen atoms in total. The molecule has 0 spiro atoms. The van der Waals surface area contributed by atoms with Crippen LogP contribution in [-0.4, -0.2) is 126 Å². The summed E-state index contributed by atoms with van der Waals surface area (Å²) in [7, 11) is -5.54. The number of rotatable bonds is 16. The van der Waals surface area contributed by atoms with E-state index in [2.05, 4.69) is 122 Å². The van der Waals surface area contributed by atoms with Crippen molar-refractivity contribution >= 4 is 72.5 Å². The van der Waals surface area contributed by atoms with Gasteiger partial charge in [-0.15, -0.1) is 12.8 Å². The average Bonchev–Trinajstić information content (AvgIpc) is 1.28. The number of ether oxygens (including phenoxy) is 1. The molecule has 0 saturated heterocycles. The van der Waals surface area contributed by atoms with Crippen molar-refractivity contribution in [2.24, 2.45) is 10.3 Å². The van der Waals surface area contributed by atoms with E-state index in [1.165, 1.54) is 16.6 Å². The number of aliphatic carboxylic acids is 2. The van der Waals surface area contributed by atoms with Gasteiger partial charge in [-0.3, -0.25) is 19.4 Å². The molecule has 4 aromatic carbocycles. The molecule has 0 fully saturated rings. The number of aliphatic hydroxyl groups is 2. The van der Waals surface area contributed by atoms with Gasteiger partial charge in [0, 0.05) is 58.6 Å². The number of terminal acetylenes is 2. The third kappa shape index (κ3) is 20.8. The first kappa shape index (κ1) is 72.3. The standard InChI is InChI=1S/C29H30N2O4Si.C23H27NO3Si.C7H7NO2.2C2H4O2.CH3.Zn/c1-5-22-20-26(35-31-22)27(34-28(32)25-18-12-13-19-30-25)21-33-36(29(2,3)4,23-14-8-6-9-15-23)24-16-10-7-11-17-24;1-5-18-16-22(27-24-18)21(25)17-26-28(23(2,3)4,19-12-8-6-9-13-19)20-14-10-7-11-15-20;9-5-7(10)6-3-1-2-4-8-6;2*1-2(3)4;;/h1,6-19,26-27H,20-21H2,2-4H3;1,6-15,21-22,25H,16-17H2,2-4H3;1-4,9H,5H2;2*1H3,(H,3,4);1H3;/q;;;;;-1;/t26-,27+;21-,22+;;;;;/m01...../s1. The van der Waals surface area contributed by atoms with Crippen LogP contribution >= 0.6 is 0 Å². The minimum Gasteiger partial charge on any atom is -0.481 e. The fraction of sp³-hybridized carbons (Fsp3) is 0.297. The Kier molecular flexibility index (Phi) is 30.5. The Morgan fingerprint density at radius 3 is 1.24 bits per heavy atom. The first-order valence-corrected chi connectivity index (χ1v) is 30.0. The van der Waals surface area contributed by atoms with E-state index in [0.717, 1.165) is 24.2 Å². The number of hydrogen-bond acceptors (Lipinski definition) is 15. The van der Waals surface area contributed by atoms with Crippen molar-refractivity contribution in [3.05, 3.63) is 189 Å². The number of carboxylic acid groups (broad SMARTS) is 2. The molecule has 4 N–H and O–H groups in total. The molecule has 0 radical (unpaired) electrons. The first-order chi connectivity index (χ1) is 39.0. The van der Waals surface area contributed by atoms with Crippen LogP contribution in [0.1, 0.15) is 89.2 Å². The van der Waals surface area contributed by atoms with Crippen LogP contribution in [0.4, 0.5) is 0 Å². The summed E-state index contributed by atoms with van der Waals surface area (Å²) in [5, 5.41) is 46.0. The number of benzene rings is 4. The number of carbonyl (C=O) groups is 4. The third-order valence-electron chi connectivity index (χ3n) is 12.6. The molecule has 2 aliphatic rings. The van der Waals surface area contributed by atoms with Crippen molar-refractivity contribution in [1.82, 2.24) is 9.97 Å². The van der Waals surface area contributed by atoms with Gasteiger partial charge in [-0.25, -0.2) is 9.78 Å². The molecule has 4 atom stereocenters. The largest absolute Gasteiger partial charge is 0.481 e. The maximum Gasteiger partial charge on any atom is 0.357 e. The Morgan fingerprint density at radius 1 is 0.583 bits per heavy atom. The average molecular weight is 1230 g/mol. The van der Waals surface area contributed by atoms with Crippen LogP contribution in [0, 0.1) is 32.1 Å². The van der Waals surface area contributed by atoms with Gasteiger partial charge in [0.1, 0.15) is 35.5 Å². The van der Waals surface area contributed by atoms with Crippen molar-refractivity contribution in [2.75, 3.05) is 19.8 Å². The van der Waals surface area contributed by atoms with E-state index in [4.69, 9.17) is 61.0 Å². The summed E-state index contributed by atoms with van der Waals surface area (Å²) in [6.45, 7) is 15.2. The SMILES string of the molecule is C#CC1=NO[C@H]([C@@H](CO[Si](c2ccccc2)(c2ccccc2)C(C)(C)C)OC(=O)c2ccccn2)C1.C#CC1=NO[C@H]([C@H](O)CO[Si](c2ccccc2)(c2ccccc2)C(C)(C)C)C1.CC(=O)O.CC(=O)O.O=C(CO)c1ccccn1.[CH3-].[Zn]. The third-order valence-corrected chi connectivity index (χ3v) is 22.6. The van der Waals surface area contributed by atoms with E-state index in [1.54, 1.807) is 42.6 Å². The zero-order valence-electron chi connectivity index (χ0n) is 49.1. The van der Waals surface area contributed by atoms with Crippen LogP contribution in [0.25, 0.3) is 0 Å². The van der Waals surface area contributed by atoms with Gasteiger partial charge in [0.15, 0.2) is 18.3 Å². The van der Waals surface area contributed by atoms with Crippen LogP contribution in [0.3, 0.4) is 0 Å². The van der Waals surface area contributed by atoms with Gasteiger partial charge in [0.05, 0.1) is 13.2 Å². The molecule has 440 valence electrons. The second-order valence-corrected chi connectivity index (χ2v) is 29.2. The Labute approximate surface area is 508 Å².